The van der Waals surface area contributed by atoms with Gasteiger partial charge in [0.25, 0.3) is 0 Å². The summed E-state index contributed by atoms with van der Waals surface area (Å²) in [6.07, 6.45) is 0.643. The van der Waals surface area contributed by atoms with Crippen LogP contribution in [0.2, 0.25) is 0 Å². The van der Waals surface area contributed by atoms with E-state index in [0.717, 1.165) is 0 Å². The SMILES string of the molecule is CC(=O)C1=C(C)CC2CC3Cc4c(-c5cccc(C(=O)O)c5)ccc(O)c4C(=O)C3=C(O)C2(O)C1=O. The third kappa shape index (κ3) is 3.18. The molecule has 184 valence electrons. The van der Waals surface area contributed by atoms with Crippen molar-refractivity contribution in [3.8, 4) is 16.9 Å². The molecule has 0 amide bonds. The van der Waals surface area contributed by atoms with Crippen LogP contribution in [0.5, 0.6) is 5.75 Å². The Hall–Kier alpha value is -4.04. The van der Waals surface area contributed by atoms with Crippen molar-refractivity contribution in [2.24, 2.45) is 11.8 Å². The zero-order chi connectivity index (χ0) is 26.1. The first kappa shape index (κ1) is 23.7. The summed E-state index contributed by atoms with van der Waals surface area (Å²) in [6, 6.07) is 9.18. The van der Waals surface area contributed by atoms with Crippen molar-refractivity contribution in [1.82, 2.24) is 0 Å². The number of aromatic carboxylic acids is 1. The normalized spacial score (nSPS) is 25.3. The molecule has 3 atom stereocenters. The van der Waals surface area contributed by atoms with Crippen LogP contribution in [0.4, 0.5) is 0 Å². The maximum atomic E-state index is 13.7. The van der Waals surface area contributed by atoms with Crippen LogP contribution in [0.25, 0.3) is 11.1 Å². The maximum absolute atomic E-state index is 13.7. The second kappa shape index (κ2) is 7.99. The number of carboxylic acids is 1. The first-order chi connectivity index (χ1) is 17.0. The molecule has 36 heavy (non-hydrogen) atoms. The summed E-state index contributed by atoms with van der Waals surface area (Å²) >= 11 is 0. The molecule has 8 heteroatoms. The van der Waals surface area contributed by atoms with Gasteiger partial charge in [-0.25, -0.2) is 4.79 Å². The van der Waals surface area contributed by atoms with E-state index in [2.05, 4.69) is 0 Å². The average molecular weight is 488 g/mol. The Morgan fingerprint density at radius 3 is 2.44 bits per heavy atom. The topological polar surface area (TPSA) is 149 Å². The lowest BCUT2D eigenvalue weighted by atomic mass is 9.59. The Morgan fingerprint density at radius 2 is 1.78 bits per heavy atom. The van der Waals surface area contributed by atoms with E-state index in [1.807, 2.05) is 0 Å². The van der Waals surface area contributed by atoms with Gasteiger partial charge in [0.15, 0.2) is 17.2 Å². The molecule has 0 aliphatic heterocycles. The fourth-order valence-electron chi connectivity index (χ4n) is 6.11. The number of phenolic OH excluding ortho intramolecular Hbond substituents is 1. The molecule has 0 saturated carbocycles. The highest BCUT2D eigenvalue weighted by atomic mass is 16.4. The number of aliphatic hydroxyl groups is 2. The van der Waals surface area contributed by atoms with Crippen molar-refractivity contribution in [2.75, 3.05) is 0 Å². The molecule has 5 rings (SSSR count). The van der Waals surface area contributed by atoms with Crippen molar-refractivity contribution >= 4 is 23.3 Å². The molecular formula is C28H24O8. The Labute approximate surface area is 206 Å². The molecule has 0 heterocycles. The average Bonchev–Trinajstić information content (AvgIpc) is 2.81. The Balaban J connectivity index is 1.68. The quantitative estimate of drug-likeness (QED) is 0.479. The fourth-order valence-corrected chi connectivity index (χ4v) is 6.11. The van der Waals surface area contributed by atoms with Crippen LogP contribution in [0.1, 0.15) is 53.0 Å². The summed E-state index contributed by atoms with van der Waals surface area (Å²) in [4.78, 5) is 50.5. The summed E-state index contributed by atoms with van der Waals surface area (Å²) in [5.41, 5.74) is -0.499. The molecule has 3 aliphatic rings. The highest BCUT2D eigenvalue weighted by Crippen LogP contribution is 2.52. The van der Waals surface area contributed by atoms with Gasteiger partial charge in [-0.15, -0.1) is 0 Å². The van der Waals surface area contributed by atoms with E-state index < -0.39 is 46.5 Å². The van der Waals surface area contributed by atoms with Crippen LogP contribution < -0.4 is 0 Å². The molecule has 0 saturated heterocycles. The molecule has 2 aromatic carbocycles. The van der Waals surface area contributed by atoms with Crippen LogP contribution in [0, 0.1) is 11.8 Å². The van der Waals surface area contributed by atoms with Crippen LogP contribution in [0.15, 0.2) is 58.9 Å². The van der Waals surface area contributed by atoms with Crippen molar-refractivity contribution in [1.29, 1.82) is 0 Å². The molecule has 0 aromatic heterocycles. The predicted molar refractivity (Wildman–Crippen MR) is 128 cm³/mol. The Kier molecular flexibility index (Phi) is 5.26. The second-order valence-corrected chi connectivity index (χ2v) is 9.81. The number of allylic oxidation sites excluding steroid dienone is 2. The number of phenols is 1. The minimum Gasteiger partial charge on any atom is -0.508 e. The van der Waals surface area contributed by atoms with Crippen LogP contribution in [-0.2, 0) is 16.0 Å². The predicted octanol–water partition coefficient (Wildman–Crippen LogP) is 3.55. The second-order valence-electron chi connectivity index (χ2n) is 9.81. The van der Waals surface area contributed by atoms with Crippen molar-refractivity contribution < 1.29 is 39.6 Å². The molecule has 2 aromatic rings. The highest BCUT2D eigenvalue weighted by molar-refractivity contribution is 6.25. The molecule has 4 N–H and O–H groups in total. The number of fused-ring (bicyclic) bond motifs is 3. The molecule has 0 spiro atoms. The lowest BCUT2D eigenvalue weighted by Gasteiger charge is -2.46. The summed E-state index contributed by atoms with van der Waals surface area (Å²) in [5, 5.41) is 42.6. The molecule has 0 radical (unpaired) electrons. The monoisotopic (exact) mass is 488 g/mol. The van der Waals surface area contributed by atoms with Gasteiger partial charge in [-0.05, 0) is 73.9 Å². The number of carboxylic acid groups (broad SMARTS) is 1. The third-order valence-electron chi connectivity index (χ3n) is 7.72. The number of benzene rings is 2. The lowest BCUT2D eigenvalue weighted by Crippen LogP contribution is -2.56. The van der Waals surface area contributed by atoms with Gasteiger partial charge in [0.1, 0.15) is 11.5 Å². The molecule has 0 bridgehead atoms. The molecule has 3 unspecified atom stereocenters. The van der Waals surface area contributed by atoms with E-state index in [1.165, 1.54) is 25.1 Å². The number of ketones is 3. The van der Waals surface area contributed by atoms with Gasteiger partial charge in [-0.2, -0.15) is 0 Å². The van der Waals surface area contributed by atoms with Gasteiger partial charge in [-0.3, -0.25) is 14.4 Å². The number of aliphatic hydroxyl groups excluding tert-OH is 1. The standard InChI is InChI=1S/C28H24O8/c1-12-8-17-10-16-11-19-18(14-4-3-5-15(9-14)27(34)35)6-7-20(30)23(19)24(31)22(16)26(33)28(17,36)25(32)21(12)13(2)29/h3-7,9,16-17,30,33,36H,8,10-11H2,1-2H3,(H,34,35). The van der Waals surface area contributed by atoms with Crippen LogP contribution >= 0.6 is 0 Å². The molecule has 0 fully saturated rings. The summed E-state index contributed by atoms with van der Waals surface area (Å²) in [6.45, 7) is 2.87. The minimum absolute atomic E-state index is 0.0603. The maximum Gasteiger partial charge on any atom is 0.335 e. The largest absolute Gasteiger partial charge is 0.508 e. The number of carbonyl (C=O) groups excluding carboxylic acids is 3. The Bertz CT molecular complexity index is 1460. The van der Waals surface area contributed by atoms with E-state index in [4.69, 9.17) is 0 Å². The van der Waals surface area contributed by atoms with E-state index in [-0.39, 0.29) is 47.3 Å². The zero-order valence-electron chi connectivity index (χ0n) is 19.7. The smallest absolute Gasteiger partial charge is 0.335 e. The summed E-state index contributed by atoms with van der Waals surface area (Å²) in [7, 11) is 0. The van der Waals surface area contributed by atoms with E-state index >= 15 is 0 Å². The van der Waals surface area contributed by atoms with Crippen molar-refractivity contribution in [3.05, 3.63) is 75.6 Å². The fraction of sp³-hybridized carbons (Fsp3) is 0.286. The van der Waals surface area contributed by atoms with Gasteiger partial charge >= 0.3 is 5.97 Å². The minimum atomic E-state index is -2.39. The number of Topliss-reactive ketones (excluding diaryl/α,β-unsaturated/α-hetero) is 3. The number of hydrogen-bond donors (Lipinski definition) is 4. The highest BCUT2D eigenvalue weighted by Gasteiger charge is 2.58. The summed E-state index contributed by atoms with van der Waals surface area (Å²) < 4.78 is 0. The van der Waals surface area contributed by atoms with Gasteiger partial charge in [-0.1, -0.05) is 23.8 Å². The molecule has 8 nitrogen and oxygen atoms in total. The zero-order valence-corrected chi connectivity index (χ0v) is 19.7. The lowest BCUT2D eigenvalue weighted by molar-refractivity contribution is -0.143. The third-order valence-corrected chi connectivity index (χ3v) is 7.72. The van der Waals surface area contributed by atoms with Crippen LogP contribution in [0.3, 0.4) is 0 Å². The first-order valence-electron chi connectivity index (χ1n) is 11.6. The van der Waals surface area contributed by atoms with E-state index in [0.29, 0.717) is 22.3 Å². The van der Waals surface area contributed by atoms with Gasteiger partial charge in [0, 0.05) is 11.5 Å². The van der Waals surface area contributed by atoms with Gasteiger partial charge < -0.3 is 20.4 Å². The van der Waals surface area contributed by atoms with E-state index in [9.17, 15) is 39.6 Å². The van der Waals surface area contributed by atoms with Crippen molar-refractivity contribution in [3.63, 3.8) is 0 Å². The van der Waals surface area contributed by atoms with Crippen LogP contribution in [-0.4, -0.2) is 49.3 Å². The van der Waals surface area contributed by atoms with Crippen molar-refractivity contribution in [2.45, 2.75) is 38.7 Å². The number of carbonyl (C=O) groups is 4. The number of rotatable bonds is 3. The number of hydrogen-bond acceptors (Lipinski definition) is 7. The van der Waals surface area contributed by atoms with Gasteiger partial charge in [0.2, 0.25) is 5.78 Å². The van der Waals surface area contributed by atoms with E-state index in [1.54, 1.807) is 25.1 Å². The summed E-state index contributed by atoms with van der Waals surface area (Å²) in [5.74, 6) is -5.58. The molecule has 3 aliphatic carbocycles. The molecular weight excluding hydrogens is 464 g/mol. The first-order valence-corrected chi connectivity index (χ1v) is 11.6. The number of aromatic hydroxyl groups is 1. The Morgan fingerprint density at radius 1 is 1.06 bits per heavy atom. The van der Waals surface area contributed by atoms with Gasteiger partial charge in [0.05, 0.1) is 16.7 Å².